The van der Waals surface area contributed by atoms with Gasteiger partial charge in [-0.25, -0.2) is 4.79 Å². The Balaban J connectivity index is 2.39. The van der Waals surface area contributed by atoms with Gasteiger partial charge in [-0.05, 0) is 24.1 Å². The molecule has 0 saturated heterocycles. The molecule has 20 heavy (non-hydrogen) atoms. The van der Waals surface area contributed by atoms with Crippen molar-refractivity contribution >= 4 is 6.03 Å². The first kappa shape index (κ1) is 16.1. The molecule has 0 heterocycles. The van der Waals surface area contributed by atoms with Crippen molar-refractivity contribution in [3.8, 4) is 11.5 Å². The summed E-state index contributed by atoms with van der Waals surface area (Å²) in [6.07, 6.45) is 3.30. The first-order valence-corrected chi connectivity index (χ1v) is 6.93. The van der Waals surface area contributed by atoms with Crippen molar-refractivity contribution in [2.24, 2.45) is 0 Å². The summed E-state index contributed by atoms with van der Waals surface area (Å²) in [4.78, 5) is 11.6. The second-order valence-electron chi connectivity index (χ2n) is 4.51. The maximum atomic E-state index is 11.6. The van der Waals surface area contributed by atoms with Crippen LogP contribution in [0.1, 0.15) is 31.7 Å². The lowest BCUT2D eigenvalue weighted by Crippen LogP contribution is -2.35. The quantitative estimate of drug-likeness (QED) is 0.720. The van der Waals surface area contributed by atoms with Crippen LogP contribution in [0.4, 0.5) is 4.79 Å². The normalized spacial score (nSPS) is 9.95. The van der Waals surface area contributed by atoms with Gasteiger partial charge in [0, 0.05) is 13.1 Å². The summed E-state index contributed by atoms with van der Waals surface area (Å²) in [6, 6.07) is 5.44. The zero-order chi connectivity index (χ0) is 14.8. The second kappa shape index (κ2) is 9.07. The molecule has 0 aliphatic carbocycles. The fourth-order valence-corrected chi connectivity index (χ4v) is 1.81. The number of amides is 2. The maximum Gasteiger partial charge on any atom is 0.315 e. The van der Waals surface area contributed by atoms with Crippen LogP contribution in [0.3, 0.4) is 0 Å². The third kappa shape index (κ3) is 5.38. The molecule has 1 rings (SSSR count). The fourth-order valence-electron chi connectivity index (χ4n) is 1.81. The zero-order valence-corrected chi connectivity index (χ0v) is 12.5. The maximum absolute atomic E-state index is 11.6. The molecule has 0 aliphatic heterocycles. The number of carbonyl (C=O) groups is 1. The van der Waals surface area contributed by atoms with Gasteiger partial charge in [0.05, 0.1) is 14.2 Å². The number of hydrogen-bond donors (Lipinski definition) is 2. The molecule has 5 nitrogen and oxygen atoms in total. The number of carbonyl (C=O) groups excluding carboxylic acids is 1. The number of hydrogen-bond acceptors (Lipinski definition) is 3. The van der Waals surface area contributed by atoms with Crippen LogP contribution in [0.15, 0.2) is 18.2 Å². The van der Waals surface area contributed by atoms with E-state index in [1.165, 1.54) is 0 Å². The Hall–Kier alpha value is -1.91. The first-order valence-electron chi connectivity index (χ1n) is 6.93. The Labute approximate surface area is 120 Å². The Morgan fingerprint density at radius 1 is 1.10 bits per heavy atom. The van der Waals surface area contributed by atoms with Crippen molar-refractivity contribution in [1.29, 1.82) is 0 Å². The Bertz CT molecular complexity index is 422. The summed E-state index contributed by atoms with van der Waals surface area (Å²) < 4.78 is 10.4. The second-order valence-corrected chi connectivity index (χ2v) is 4.51. The standard InChI is InChI=1S/C15H24N2O3/c1-4-5-6-9-16-15(18)17-11-12-7-8-13(19-2)14(10-12)20-3/h7-8,10H,4-6,9,11H2,1-3H3,(H2,16,17,18). The van der Waals surface area contributed by atoms with Crippen molar-refractivity contribution in [3.63, 3.8) is 0 Å². The molecule has 2 N–H and O–H groups in total. The van der Waals surface area contributed by atoms with E-state index in [1.54, 1.807) is 14.2 Å². The van der Waals surface area contributed by atoms with E-state index in [1.807, 2.05) is 18.2 Å². The van der Waals surface area contributed by atoms with Crippen LogP contribution in [0, 0.1) is 0 Å². The smallest absolute Gasteiger partial charge is 0.315 e. The highest BCUT2D eigenvalue weighted by Crippen LogP contribution is 2.27. The van der Waals surface area contributed by atoms with Gasteiger partial charge >= 0.3 is 6.03 Å². The van der Waals surface area contributed by atoms with Crippen molar-refractivity contribution in [2.75, 3.05) is 20.8 Å². The van der Waals surface area contributed by atoms with Gasteiger partial charge in [-0.1, -0.05) is 25.8 Å². The number of benzene rings is 1. The molecule has 0 aliphatic rings. The minimum Gasteiger partial charge on any atom is -0.493 e. The molecular formula is C15H24N2O3. The number of methoxy groups -OCH3 is 2. The topological polar surface area (TPSA) is 59.6 Å². The number of rotatable bonds is 8. The summed E-state index contributed by atoms with van der Waals surface area (Å²) in [6.45, 7) is 3.31. The molecule has 0 radical (unpaired) electrons. The minimum atomic E-state index is -0.143. The van der Waals surface area contributed by atoms with Gasteiger partial charge < -0.3 is 20.1 Å². The highest BCUT2D eigenvalue weighted by molar-refractivity contribution is 5.73. The van der Waals surface area contributed by atoms with E-state index >= 15 is 0 Å². The van der Waals surface area contributed by atoms with E-state index in [9.17, 15) is 4.79 Å². The van der Waals surface area contributed by atoms with E-state index in [4.69, 9.17) is 9.47 Å². The van der Waals surface area contributed by atoms with Crippen LogP contribution in [0.5, 0.6) is 11.5 Å². The van der Waals surface area contributed by atoms with E-state index in [0.717, 1.165) is 24.8 Å². The summed E-state index contributed by atoms with van der Waals surface area (Å²) in [5, 5.41) is 5.65. The molecule has 0 fully saturated rings. The summed E-state index contributed by atoms with van der Waals surface area (Å²) in [5.74, 6) is 1.34. The molecule has 1 aromatic rings. The minimum absolute atomic E-state index is 0.143. The summed E-state index contributed by atoms with van der Waals surface area (Å²) in [7, 11) is 3.19. The van der Waals surface area contributed by atoms with Crippen LogP contribution in [0.25, 0.3) is 0 Å². The molecule has 5 heteroatoms. The van der Waals surface area contributed by atoms with Gasteiger partial charge in [-0.2, -0.15) is 0 Å². The number of nitrogens with one attached hydrogen (secondary N) is 2. The average Bonchev–Trinajstić information content (AvgIpc) is 2.49. The lowest BCUT2D eigenvalue weighted by atomic mass is 10.2. The van der Waals surface area contributed by atoms with Gasteiger partial charge in [0.15, 0.2) is 11.5 Å². The van der Waals surface area contributed by atoms with Gasteiger partial charge in [-0.3, -0.25) is 0 Å². The van der Waals surface area contributed by atoms with E-state index in [-0.39, 0.29) is 6.03 Å². The van der Waals surface area contributed by atoms with Gasteiger partial charge in [0.1, 0.15) is 0 Å². The van der Waals surface area contributed by atoms with Gasteiger partial charge in [-0.15, -0.1) is 0 Å². The number of unbranched alkanes of at least 4 members (excludes halogenated alkanes) is 2. The molecular weight excluding hydrogens is 256 g/mol. The van der Waals surface area contributed by atoms with Crippen LogP contribution in [0.2, 0.25) is 0 Å². The fraction of sp³-hybridized carbons (Fsp3) is 0.533. The van der Waals surface area contributed by atoms with E-state index in [2.05, 4.69) is 17.6 Å². The molecule has 1 aromatic carbocycles. The molecule has 0 bridgehead atoms. The van der Waals surface area contributed by atoms with Gasteiger partial charge in [0.2, 0.25) is 0 Å². The molecule has 0 unspecified atom stereocenters. The van der Waals surface area contributed by atoms with Crippen LogP contribution >= 0.6 is 0 Å². The van der Waals surface area contributed by atoms with Crippen molar-refractivity contribution < 1.29 is 14.3 Å². The highest BCUT2D eigenvalue weighted by atomic mass is 16.5. The Kier molecular flexibility index (Phi) is 7.32. The SMILES string of the molecule is CCCCCNC(=O)NCc1ccc(OC)c(OC)c1. The third-order valence-electron chi connectivity index (χ3n) is 2.97. The lowest BCUT2D eigenvalue weighted by molar-refractivity contribution is 0.240. The van der Waals surface area contributed by atoms with E-state index in [0.29, 0.717) is 24.6 Å². The van der Waals surface area contributed by atoms with Crippen LogP contribution < -0.4 is 20.1 Å². The average molecular weight is 280 g/mol. The van der Waals surface area contributed by atoms with Crippen molar-refractivity contribution in [3.05, 3.63) is 23.8 Å². The van der Waals surface area contributed by atoms with Crippen LogP contribution in [-0.4, -0.2) is 26.8 Å². The predicted octanol–water partition coefficient (Wildman–Crippen LogP) is 2.69. The number of urea groups is 1. The molecule has 0 saturated carbocycles. The third-order valence-corrected chi connectivity index (χ3v) is 2.97. The Morgan fingerprint density at radius 3 is 2.50 bits per heavy atom. The summed E-state index contributed by atoms with van der Waals surface area (Å²) >= 11 is 0. The number of ether oxygens (including phenoxy) is 2. The zero-order valence-electron chi connectivity index (χ0n) is 12.5. The molecule has 2 amide bonds. The lowest BCUT2D eigenvalue weighted by Gasteiger charge is -2.11. The largest absolute Gasteiger partial charge is 0.493 e. The Morgan fingerprint density at radius 2 is 1.85 bits per heavy atom. The highest BCUT2D eigenvalue weighted by Gasteiger charge is 2.05. The molecule has 112 valence electrons. The molecule has 0 atom stereocenters. The van der Waals surface area contributed by atoms with Crippen molar-refractivity contribution in [2.45, 2.75) is 32.7 Å². The summed E-state index contributed by atoms with van der Waals surface area (Å²) in [5.41, 5.74) is 0.964. The molecule has 0 aromatic heterocycles. The van der Waals surface area contributed by atoms with Crippen molar-refractivity contribution in [1.82, 2.24) is 10.6 Å². The van der Waals surface area contributed by atoms with Gasteiger partial charge in [0.25, 0.3) is 0 Å². The molecule has 0 spiro atoms. The van der Waals surface area contributed by atoms with Crippen LogP contribution in [-0.2, 0) is 6.54 Å². The first-order chi connectivity index (χ1) is 9.71. The van der Waals surface area contributed by atoms with E-state index < -0.39 is 0 Å². The monoisotopic (exact) mass is 280 g/mol. The predicted molar refractivity (Wildman–Crippen MR) is 79.3 cm³/mol.